The Kier molecular flexibility index (Phi) is 6.98. The summed E-state index contributed by atoms with van der Waals surface area (Å²) in [5, 5.41) is 3.54. The molecule has 1 N–H and O–H groups in total. The lowest BCUT2D eigenvalue weighted by molar-refractivity contribution is -0.124. The van der Waals surface area contributed by atoms with Crippen molar-refractivity contribution in [3.05, 3.63) is 59.3 Å². The van der Waals surface area contributed by atoms with Gasteiger partial charge in [0, 0.05) is 42.2 Å². The second-order valence-corrected chi connectivity index (χ2v) is 8.27. The van der Waals surface area contributed by atoms with Crippen LogP contribution in [0, 0.1) is 0 Å². The molecule has 1 atom stereocenters. The summed E-state index contributed by atoms with van der Waals surface area (Å²) in [5.74, 6) is 0.0872. The summed E-state index contributed by atoms with van der Waals surface area (Å²) in [7, 11) is 5.07. The predicted octanol–water partition coefficient (Wildman–Crippen LogP) is 3.81. The van der Waals surface area contributed by atoms with E-state index in [-0.39, 0.29) is 0 Å². The third-order valence-electron chi connectivity index (χ3n) is 6.02. The van der Waals surface area contributed by atoms with Crippen LogP contribution in [0.2, 0.25) is 0 Å². The van der Waals surface area contributed by atoms with Crippen molar-refractivity contribution in [2.45, 2.75) is 32.4 Å². The number of nitrogens with one attached hydrogen (secondary N) is 1. The molecule has 3 aromatic rings. The van der Waals surface area contributed by atoms with Crippen LogP contribution in [0.4, 0.5) is 5.69 Å². The second-order valence-electron chi connectivity index (χ2n) is 8.27. The third kappa shape index (κ3) is 4.68. The first kappa shape index (κ1) is 23.5. The van der Waals surface area contributed by atoms with Crippen molar-refractivity contribution in [2.75, 3.05) is 33.1 Å². The molecule has 0 saturated carbocycles. The number of likely N-dealkylation sites (N-methyl/N-ethyl adjacent to an activating group) is 1. The van der Waals surface area contributed by atoms with Crippen LogP contribution in [0.1, 0.15) is 35.0 Å². The van der Waals surface area contributed by atoms with E-state index in [2.05, 4.69) is 10.2 Å². The van der Waals surface area contributed by atoms with E-state index in [1.54, 1.807) is 32.2 Å². The number of anilines is 1. The second kappa shape index (κ2) is 10.1. The molecular weight excluding hydrogens is 434 g/mol. The number of methoxy groups -OCH3 is 2. The average Bonchev–Trinajstić information content (AvgIpc) is 2.85. The maximum absolute atomic E-state index is 13.5. The Labute approximate surface area is 198 Å². The lowest BCUT2D eigenvalue weighted by Gasteiger charge is -2.27. The van der Waals surface area contributed by atoms with Crippen molar-refractivity contribution in [1.29, 1.82) is 0 Å². The summed E-state index contributed by atoms with van der Waals surface area (Å²) < 4.78 is 16.4. The minimum absolute atomic E-state index is 0.314. The van der Waals surface area contributed by atoms with Crippen LogP contribution in [-0.2, 0) is 22.5 Å². The summed E-state index contributed by atoms with van der Waals surface area (Å²) in [6, 6.07) is 12.6. The third-order valence-corrected chi connectivity index (χ3v) is 6.02. The number of carbonyl (C=O) groups is 2. The van der Waals surface area contributed by atoms with Gasteiger partial charge in [-0.1, -0.05) is 25.1 Å². The maximum atomic E-state index is 13.5. The van der Waals surface area contributed by atoms with Gasteiger partial charge in [0.25, 0.3) is 5.91 Å². The fourth-order valence-corrected chi connectivity index (χ4v) is 4.19. The fourth-order valence-electron chi connectivity index (χ4n) is 4.19. The Morgan fingerprint density at radius 3 is 2.68 bits per heavy atom. The number of nitrogens with zero attached hydrogens (tertiary/aromatic N) is 2. The Morgan fingerprint density at radius 2 is 1.94 bits per heavy atom. The number of fused-ring (bicyclic) bond motifs is 2. The number of ether oxygens (including phenoxy) is 3. The van der Waals surface area contributed by atoms with Crippen molar-refractivity contribution < 1.29 is 23.8 Å². The standard InChI is InChI=1S/C26H29N3O5/c1-5-22(25(30)28-21-14-16(32-3)10-11-23(21)33-4)34-26(31)24-17-8-6-7-9-19(17)27-20-12-13-29(2)15-18(20)24/h6-11,14,22H,5,12-13,15H2,1-4H3,(H,28,30). The molecule has 2 heterocycles. The van der Waals surface area contributed by atoms with E-state index in [4.69, 9.17) is 19.2 Å². The highest BCUT2D eigenvalue weighted by atomic mass is 16.5. The molecule has 0 saturated heterocycles. The van der Waals surface area contributed by atoms with Gasteiger partial charge in [0.15, 0.2) is 6.10 Å². The summed E-state index contributed by atoms with van der Waals surface area (Å²) in [6.45, 7) is 3.27. The number of amides is 1. The van der Waals surface area contributed by atoms with E-state index in [1.165, 1.54) is 7.11 Å². The van der Waals surface area contributed by atoms with Gasteiger partial charge < -0.3 is 24.4 Å². The first-order valence-corrected chi connectivity index (χ1v) is 11.3. The Hall–Kier alpha value is -3.65. The Bertz CT molecular complexity index is 1230. The molecule has 0 aliphatic carbocycles. The van der Waals surface area contributed by atoms with E-state index in [1.807, 2.05) is 31.3 Å². The maximum Gasteiger partial charge on any atom is 0.340 e. The monoisotopic (exact) mass is 463 g/mol. The predicted molar refractivity (Wildman–Crippen MR) is 129 cm³/mol. The van der Waals surface area contributed by atoms with Crippen LogP contribution < -0.4 is 14.8 Å². The highest BCUT2D eigenvalue weighted by Gasteiger charge is 2.29. The van der Waals surface area contributed by atoms with Gasteiger partial charge in [0.2, 0.25) is 0 Å². The lowest BCUT2D eigenvalue weighted by atomic mass is 9.96. The van der Waals surface area contributed by atoms with Gasteiger partial charge in [-0.2, -0.15) is 0 Å². The van der Waals surface area contributed by atoms with Gasteiger partial charge in [-0.15, -0.1) is 0 Å². The van der Waals surface area contributed by atoms with E-state index < -0.39 is 18.0 Å². The molecule has 1 aromatic heterocycles. The number of pyridine rings is 1. The van der Waals surface area contributed by atoms with Gasteiger partial charge in [-0.3, -0.25) is 9.78 Å². The smallest absolute Gasteiger partial charge is 0.340 e. The number of aromatic nitrogens is 1. The number of para-hydroxylation sites is 1. The van der Waals surface area contributed by atoms with Gasteiger partial charge in [0.1, 0.15) is 11.5 Å². The molecule has 2 aromatic carbocycles. The van der Waals surface area contributed by atoms with Crippen LogP contribution in [0.5, 0.6) is 11.5 Å². The minimum Gasteiger partial charge on any atom is -0.497 e. The molecule has 0 fully saturated rings. The fraction of sp³-hybridized carbons (Fsp3) is 0.346. The van der Waals surface area contributed by atoms with Crippen molar-refractivity contribution in [3.63, 3.8) is 0 Å². The molecule has 1 aliphatic heterocycles. The highest BCUT2D eigenvalue weighted by molar-refractivity contribution is 6.06. The molecular formula is C26H29N3O5. The molecule has 4 rings (SSSR count). The zero-order chi connectivity index (χ0) is 24.2. The van der Waals surface area contributed by atoms with Crippen LogP contribution >= 0.6 is 0 Å². The molecule has 1 unspecified atom stereocenters. The molecule has 0 bridgehead atoms. The summed E-state index contributed by atoms with van der Waals surface area (Å²) in [4.78, 5) is 33.5. The molecule has 1 amide bonds. The molecule has 178 valence electrons. The van der Waals surface area contributed by atoms with Gasteiger partial charge in [-0.25, -0.2) is 4.79 Å². The zero-order valence-electron chi connectivity index (χ0n) is 19.9. The van der Waals surface area contributed by atoms with Crippen LogP contribution in [0.15, 0.2) is 42.5 Å². The number of hydrogen-bond donors (Lipinski definition) is 1. The Balaban J connectivity index is 1.63. The lowest BCUT2D eigenvalue weighted by Crippen LogP contribution is -2.34. The van der Waals surface area contributed by atoms with Crippen LogP contribution in [0.25, 0.3) is 10.9 Å². The normalized spacial score (nSPS) is 14.2. The highest BCUT2D eigenvalue weighted by Crippen LogP contribution is 2.31. The average molecular weight is 464 g/mol. The Morgan fingerprint density at radius 1 is 1.15 bits per heavy atom. The molecule has 1 aliphatic rings. The zero-order valence-corrected chi connectivity index (χ0v) is 19.9. The van der Waals surface area contributed by atoms with Gasteiger partial charge in [0.05, 0.1) is 31.0 Å². The van der Waals surface area contributed by atoms with Crippen LogP contribution in [0.3, 0.4) is 0 Å². The molecule has 34 heavy (non-hydrogen) atoms. The largest absolute Gasteiger partial charge is 0.497 e. The number of benzene rings is 2. The van der Waals surface area contributed by atoms with Crippen molar-refractivity contribution in [3.8, 4) is 11.5 Å². The number of esters is 1. The number of rotatable bonds is 7. The quantitative estimate of drug-likeness (QED) is 0.533. The summed E-state index contributed by atoms with van der Waals surface area (Å²) >= 11 is 0. The minimum atomic E-state index is -0.979. The summed E-state index contributed by atoms with van der Waals surface area (Å²) in [5.41, 5.74) is 3.44. The van der Waals surface area contributed by atoms with Crippen molar-refractivity contribution in [1.82, 2.24) is 9.88 Å². The van der Waals surface area contributed by atoms with Crippen molar-refractivity contribution in [2.24, 2.45) is 0 Å². The van der Waals surface area contributed by atoms with Gasteiger partial charge >= 0.3 is 5.97 Å². The van der Waals surface area contributed by atoms with E-state index in [0.717, 1.165) is 35.1 Å². The SMILES string of the molecule is CCC(OC(=O)c1c2c(nc3ccccc13)CCN(C)C2)C(=O)Nc1cc(OC)ccc1OC. The molecule has 0 spiro atoms. The van der Waals surface area contributed by atoms with E-state index >= 15 is 0 Å². The first-order chi connectivity index (χ1) is 16.4. The molecule has 8 heteroatoms. The van der Waals surface area contributed by atoms with Gasteiger partial charge in [-0.05, 0) is 31.7 Å². The summed E-state index contributed by atoms with van der Waals surface area (Å²) in [6.07, 6.45) is 0.0893. The number of carbonyl (C=O) groups excluding carboxylic acids is 2. The number of hydrogen-bond acceptors (Lipinski definition) is 7. The van der Waals surface area contributed by atoms with E-state index in [0.29, 0.717) is 35.7 Å². The van der Waals surface area contributed by atoms with Crippen molar-refractivity contribution >= 4 is 28.5 Å². The van der Waals surface area contributed by atoms with E-state index in [9.17, 15) is 9.59 Å². The topological polar surface area (TPSA) is 90.0 Å². The molecule has 8 nitrogen and oxygen atoms in total. The molecule has 0 radical (unpaired) electrons. The first-order valence-electron chi connectivity index (χ1n) is 11.3. The van der Waals surface area contributed by atoms with Crippen LogP contribution in [-0.4, -0.2) is 55.7 Å².